The van der Waals surface area contributed by atoms with E-state index in [2.05, 4.69) is 10.3 Å². The molecular formula is C12H12ClFN4. The lowest BCUT2D eigenvalue weighted by molar-refractivity contribution is 0.566. The maximum Gasteiger partial charge on any atom is 0.169 e. The Kier molecular flexibility index (Phi) is 2.70. The smallest absolute Gasteiger partial charge is 0.169 e. The summed E-state index contributed by atoms with van der Waals surface area (Å²) in [5, 5.41) is 8.23. The van der Waals surface area contributed by atoms with Crippen LogP contribution < -0.4 is 5.73 Å². The van der Waals surface area contributed by atoms with Gasteiger partial charge in [0, 0.05) is 16.5 Å². The number of rotatable bonds is 3. The van der Waals surface area contributed by atoms with Crippen molar-refractivity contribution >= 4 is 17.4 Å². The molecule has 0 amide bonds. The first-order chi connectivity index (χ1) is 8.65. The largest absolute Gasteiger partial charge is 0.381 e. The Morgan fingerprint density at radius 1 is 1.44 bits per heavy atom. The van der Waals surface area contributed by atoms with E-state index >= 15 is 0 Å². The van der Waals surface area contributed by atoms with Crippen molar-refractivity contribution in [3.8, 4) is 0 Å². The molecule has 0 aliphatic heterocycles. The van der Waals surface area contributed by atoms with Crippen molar-refractivity contribution in [3.05, 3.63) is 40.3 Å². The number of halogens is 2. The van der Waals surface area contributed by atoms with E-state index in [0.717, 1.165) is 18.5 Å². The highest BCUT2D eigenvalue weighted by Crippen LogP contribution is 2.42. The number of hydrogen-bond acceptors (Lipinski definition) is 3. The number of nitrogen functional groups attached to an aromatic ring is 1. The van der Waals surface area contributed by atoms with Crippen LogP contribution in [-0.2, 0) is 6.54 Å². The van der Waals surface area contributed by atoms with Gasteiger partial charge in [-0.25, -0.2) is 9.07 Å². The van der Waals surface area contributed by atoms with Crippen LogP contribution in [0.1, 0.15) is 30.0 Å². The van der Waals surface area contributed by atoms with Crippen molar-refractivity contribution in [1.29, 1.82) is 0 Å². The van der Waals surface area contributed by atoms with Gasteiger partial charge in [-0.05, 0) is 25.0 Å². The van der Waals surface area contributed by atoms with Gasteiger partial charge in [-0.2, -0.15) is 0 Å². The van der Waals surface area contributed by atoms with Gasteiger partial charge in [-0.1, -0.05) is 22.9 Å². The molecule has 2 N–H and O–H groups in total. The molecule has 1 aliphatic carbocycles. The minimum Gasteiger partial charge on any atom is -0.381 e. The fraction of sp³-hybridized carbons (Fsp3) is 0.333. The maximum atomic E-state index is 13.7. The predicted molar refractivity (Wildman–Crippen MR) is 66.9 cm³/mol. The fourth-order valence-electron chi connectivity index (χ4n) is 2.04. The quantitative estimate of drug-likeness (QED) is 0.929. The van der Waals surface area contributed by atoms with Crippen LogP contribution in [0.25, 0.3) is 0 Å². The van der Waals surface area contributed by atoms with Gasteiger partial charge in [-0.15, -0.1) is 5.10 Å². The minimum atomic E-state index is -0.335. The summed E-state index contributed by atoms with van der Waals surface area (Å²) >= 11 is 5.72. The minimum absolute atomic E-state index is 0.332. The first-order valence-electron chi connectivity index (χ1n) is 5.78. The fourth-order valence-corrected chi connectivity index (χ4v) is 2.20. The molecule has 0 unspecified atom stereocenters. The summed E-state index contributed by atoms with van der Waals surface area (Å²) in [6.07, 6.45) is 2.20. The monoisotopic (exact) mass is 266 g/mol. The molecule has 0 bridgehead atoms. The summed E-state index contributed by atoms with van der Waals surface area (Å²) in [7, 11) is 0. The number of nitrogens with two attached hydrogens (primary N) is 1. The van der Waals surface area contributed by atoms with Crippen molar-refractivity contribution in [2.45, 2.75) is 25.3 Å². The van der Waals surface area contributed by atoms with Crippen molar-refractivity contribution < 1.29 is 4.39 Å². The normalized spacial score (nSPS) is 15.0. The Labute approximate surface area is 109 Å². The Morgan fingerprint density at radius 2 is 2.22 bits per heavy atom. The first kappa shape index (κ1) is 11.5. The topological polar surface area (TPSA) is 56.7 Å². The van der Waals surface area contributed by atoms with Crippen molar-refractivity contribution in [2.75, 3.05) is 5.73 Å². The average molecular weight is 267 g/mol. The molecule has 4 nitrogen and oxygen atoms in total. The summed E-state index contributed by atoms with van der Waals surface area (Å²) in [6.45, 7) is 0.332. The zero-order chi connectivity index (χ0) is 12.7. The van der Waals surface area contributed by atoms with Crippen LogP contribution in [0.2, 0.25) is 5.02 Å². The van der Waals surface area contributed by atoms with Crippen LogP contribution in [-0.4, -0.2) is 15.0 Å². The van der Waals surface area contributed by atoms with Crippen LogP contribution in [0.5, 0.6) is 0 Å². The molecule has 2 aromatic rings. The lowest BCUT2D eigenvalue weighted by atomic mass is 10.2. The molecule has 1 aromatic carbocycles. The second-order valence-electron chi connectivity index (χ2n) is 4.53. The molecule has 1 aliphatic rings. The Morgan fingerprint density at radius 3 is 2.89 bits per heavy atom. The highest BCUT2D eigenvalue weighted by molar-refractivity contribution is 6.30. The number of aromatic nitrogens is 3. The van der Waals surface area contributed by atoms with E-state index in [1.807, 2.05) is 0 Å². The second-order valence-corrected chi connectivity index (χ2v) is 4.96. The zero-order valence-corrected chi connectivity index (χ0v) is 10.4. The van der Waals surface area contributed by atoms with Gasteiger partial charge in [0.05, 0.1) is 12.2 Å². The first-order valence-corrected chi connectivity index (χ1v) is 6.15. The van der Waals surface area contributed by atoms with E-state index in [0.29, 0.717) is 28.9 Å². The number of hydrogen-bond donors (Lipinski definition) is 1. The van der Waals surface area contributed by atoms with E-state index in [1.54, 1.807) is 16.8 Å². The van der Waals surface area contributed by atoms with Crippen molar-refractivity contribution in [2.24, 2.45) is 0 Å². The zero-order valence-electron chi connectivity index (χ0n) is 9.61. The lowest BCUT2D eigenvalue weighted by Crippen LogP contribution is -2.08. The van der Waals surface area contributed by atoms with Crippen molar-refractivity contribution in [3.63, 3.8) is 0 Å². The van der Waals surface area contributed by atoms with E-state index in [9.17, 15) is 4.39 Å². The molecule has 1 heterocycles. The molecule has 3 rings (SSSR count). The molecule has 1 aromatic heterocycles. The molecular weight excluding hydrogens is 255 g/mol. The molecule has 94 valence electrons. The molecule has 1 fully saturated rings. The predicted octanol–water partition coefficient (Wildman–Crippen LogP) is 2.58. The third-order valence-corrected chi connectivity index (χ3v) is 3.34. The molecule has 18 heavy (non-hydrogen) atoms. The molecule has 0 saturated heterocycles. The van der Waals surface area contributed by atoms with Gasteiger partial charge < -0.3 is 5.73 Å². The Balaban J connectivity index is 1.92. The van der Waals surface area contributed by atoms with Gasteiger partial charge >= 0.3 is 0 Å². The highest BCUT2D eigenvalue weighted by atomic mass is 35.5. The molecule has 0 spiro atoms. The third-order valence-electron chi connectivity index (χ3n) is 3.10. The standard InChI is InChI=1S/C12H12ClFN4/c13-9-4-3-8(10(14)5-9)6-18-11(7-1-2-7)12(15)16-17-18/h3-5,7H,1-2,6,15H2. The van der Waals surface area contributed by atoms with Crippen LogP contribution in [0, 0.1) is 5.82 Å². The van der Waals surface area contributed by atoms with Crippen LogP contribution in [0.4, 0.5) is 10.2 Å². The molecule has 6 heteroatoms. The SMILES string of the molecule is Nc1nnn(Cc2ccc(Cl)cc2F)c1C1CC1. The summed E-state index contributed by atoms with van der Waals surface area (Å²) in [6, 6.07) is 4.62. The van der Waals surface area contributed by atoms with E-state index < -0.39 is 0 Å². The second kappa shape index (κ2) is 4.24. The van der Waals surface area contributed by atoms with Crippen LogP contribution in [0.15, 0.2) is 18.2 Å². The van der Waals surface area contributed by atoms with E-state index in [4.69, 9.17) is 17.3 Å². The Hall–Kier alpha value is -1.62. The molecule has 0 radical (unpaired) electrons. The van der Waals surface area contributed by atoms with Gasteiger partial charge in [0.15, 0.2) is 5.82 Å². The summed E-state index contributed by atoms with van der Waals surface area (Å²) in [5.74, 6) is 0.542. The lowest BCUT2D eigenvalue weighted by Gasteiger charge is -2.07. The van der Waals surface area contributed by atoms with E-state index in [1.165, 1.54) is 6.07 Å². The number of anilines is 1. The van der Waals surface area contributed by atoms with Crippen LogP contribution >= 0.6 is 11.6 Å². The molecule has 1 saturated carbocycles. The number of benzene rings is 1. The van der Waals surface area contributed by atoms with Gasteiger partial charge in [-0.3, -0.25) is 0 Å². The summed E-state index contributed by atoms with van der Waals surface area (Å²) < 4.78 is 15.4. The highest BCUT2D eigenvalue weighted by Gasteiger charge is 2.30. The Bertz CT molecular complexity index is 592. The van der Waals surface area contributed by atoms with E-state index in [-0.39, 0.29) is 5.82 Å². The van der Waals surface area contributed by atoms with Gasteiger partial charge in [0.1, 0.15) is 5.82 Å². The van der Waals surface area contributed by atoms with Gasteiger partial charge in [0.25, 0.3) is 0 Å². The van der Waals surface area contributed by atoms with Gasteiger partial charge in [0.2, 0.25) is 0 Å². The molecule has 0 atom stereocenters. The average Bonchev–Trinajstić information content (AvgIpc) is 3.08. The van der Waals surface area contributed by atoms with Crippen molar-refractivity contribution in [1.82, 2.24) is 15.0 Å². The summed E-state index contributed by atoms with van der Waals surface area (Å²) in [5.41, 5.74) is 7.24. The maximum absolute atomic E-state index is 13.7. The third kappa shape index (κ3) is 2.06. The summed E-state index contributed by atoms with van der Waals surface area (Å²) in [4.78, 5) is 0. The number of nitrogens with zero attached hydrogens (tertiary/aromatic N) is 3. The van der Waals surface area contributed by atoms with Crippen LogP contribution in [0.3, 0.4) is 0 Å².